The monoisotopic (exact) mass is 297 g/mol. The van der Waals surface area contributed by atoms with Gasteiger partial charge in [-0.1, -0.05) is 0 Å². The van der Waals surface area contributed by atoms with E-state index in [-0.39, 0.29) is 11.3 Å². The molecule has 1 aromatic heterocycles. The smallest absolute Gasteiger partial charge is 0.306 e. The van der Waals surface area contributed by atoms with E-state index >= 15 is 0 Å². The van der Waals surface area contributed by atoms with Crippen molar-refractivity contribution in [3.8, 4) is 0 Å². The third-order valence-corrected chi connectivity index (χ3v) is 4.06. The predicted molar refractivity (Wildman–Crippen MR) is 64.7 cm³/mol. The Balaban J connectivity index is 1.59. The highest BCUT2D eigenvalue weighted by Gasteiger charge is 2.55. The molecule has 1 aromatic rings. The van der Waals surface area contributed by atoms with Gasteiger partial charge in [-0.05, 0) is 28.8 Å². The van der Waals surface area contributed by atoms with Gasteiger partial charge in [-0.25, -0.2) is 9.97 Å². The molecule has 2 heterocycles. The molecule has 6 heteroatoms. The largest absolute Gasteiger partial charge is 0.481 e. The second kappa shape index (κ2) is 3.66. The van der Waals surface area contributed by atoms with Crippen LogP contribution in [0.25, 0.3) is 0 Å². The Hall–Kier alpha value is -1.17. The number of hydrogen-bond donors (Lipinski definition) is 1. The number of carboxylic acid groups (broad SMARTS) is 1. The molecule has 0 aromatic carbocycles. The minimum atomic E-state index is -0.658. The summed E-state index contributed by atoms with van der Waals surface area (Å²) in [5, 5.41) is 8.86. The van der Waals surface area contributed by atoms with Crippen molar-refractivity contribution >= 4 is 27.8 Å². The Morgan fingerprint density at radius 1 is 1.41 bits per heavy atom. The highest BCUT2D eigenvalue weighted by Crippen LogP contribution is 2.52. The predicted octanol–water partition coefficient (Wildman–Crippen LogP) is 1.54. The van der Waals surface area contributed by atoms with E-state index in [4.69, 9.17) is 5.11 Å². The van der Waals surface area contributed by atoms with Gasteiger partial charge < -0.3 is 10.0 Å². The van der Waals surface area contributed by atoms with Gasteiger partial charge in [0.05, 0.1) is 10.4 Å². The lowest BCUT2D eigenvalue weighted by atomic mass is 9.58. The van der Waals surface area contributed by atoms with E-state index in [9.17, 15) is 4.79 Å². The van der Waals surface area contributed by atoms with Crippen LogP contribution in [-0.2, 0) is 4.79 Å². The van der Waals surface area contributed by atoms with Gasteiger partial charge in [-0.3, -0.25) is 4.79 Å². The maximum Gasteiger partial charge on any atom is 0.306 e. The minimum absolute atomic E-state index is 0.136. The van der Waals surface area contributed by atoms with E-state index in [1.54, 1.807) is 12.4 Å². The van der Waals surface area contributed by atoms with E-state index in [0.29, 0.717) is 0 Å². The fourth-order valence-corrected chi connectivity index (χ4v) is 3.00. The Morgan fingerprint density at radius 2 is 2.00 bits per heavy atom. The van der Waals surface area contributed by atoms with Crippen molar-refractivity contribution in [3.63, 3.8) is 0 Å². The van der Waals surface area contributed by atoms with Crippen LogP contribution in [0, 0.1) is 11.3 Å². The van der Waals surface area contributed by atoms with E-state index in [2.05, 4.69) is 30.8 Å². The summed E-state index contributed by atoms with van der Waals surface area (Å²) in [6, 6.07) is 0. The number of hydrogen-bond acceptors (Lipinski definition) is 4. The molecule has 1 spiro atoms. The summed E-state index contributed by atoms with van der Waals surface area (Å²) in [6.45, 7) is 1.77. The lowest BCUT2D eigenvalue weighted by molar-refractivity contribution is -0.151. The molecule has 0 atom stereocenters. The summed E-state index contributed by atoms with van der Waals surface area (Å²) in [4.78, 5) is 21.3. The number of nitrogens with zero attached hydrogens (tertiary/aromatic N) is 3. The topological polar surface area (TPSA) is 66.3 Å². The van der Waals surface area contributed by atoms with Crippen molar-refractivity contribution in [1.29, 1.82) is 0 Å². The Morgan fingerprint density at radius 3 is 2.53 bits per heavy atom. The molecule has 1 saturated carbocycles. The molecule has 2 aliphatic rings. The summed E-state index contributed by atoms with van der Waals surface area (Å²) in [5.41, 5.74) is 0.222. The van der Waals surface area contributed by atoms with Crippen LogP contribution in [0.3, 0.4) is 0 Å². The van der Waals surface area contributed by atoms with Crippen LogP contribution < -0.4 is 4.90 Å². The van der Waals surface area contributed by atoms with Crippen LogP contribution >= 0.6 is 15.9 Å². The number of carboxylic acids is 1. The lowest BCUT2D eigenvalue weighted by Crippen LogP contribution is -2.63. The van der Waals surface area contributed by atoms with Gasteiger partial charge in [0, 0.05) is 30.9 Å². The standard InChI is InChI=1S/C11H12BrN3O2/c12-8-3-13-10(14-4-8)15-5-11(6-15)1-7(2-11)9(16)17/h3-4,7H,1-2,5-6H2,(H,16,17). The lowest BCUT2D eigenvalue weighted by Gasteiger charge is -2.58. The Kier molecular flexibility index (Phi) is 2.36. The van der Waals surface area contributed by atoms with Gasteiger partial charge in [-0.2, -0.15) is 0 Å². The van der Waals surface area contributed by atoms with Crippen molar-refractivity contribution in [1.82, 2.24) is 9.97 Å². The molecule has 1 aliphatic carbocycles. The summed E-state index contributed by atoms with van der Waals surface area (Å²) >= 11 is 3.30. The van der Waals surface area contributed by atoms with E-state index in [1.807, 2.05) is 0 Å². The first kappa shape index (κ1) is 11.0. The zero-order valence-corrected chi connectivity index (χ0v) is 10.7. The first-order valence-corrected chi connectivity index (χ1v) is 6.33. The summed E-state index contributed by atoms with van der Waals surface area (Å²) in [5.74, 6) is -0.0606. The van der Waals surface area contributed by atoms with Crippen LogP contribution in [0.2, 0.25) is 0 Å². The normalized spacial score (nSPS) is 22.1. The maximum absolute atomic E-state index is 10.8. The number of rotatable bonds is 2. The van der Waals surface area contributed by atoms with Gasteiger partial charge in [0.15, 0.2) is 0 Å². The Bertz CT molecular complexity index is 448. The molecule has 1 saturated heterocycles. The number of halogens is 1. The van der Waals surface area contributed by atoms with E-state index in [0.717, 1.165) is 36.4 Å². The van der Waals surface area contributed by atoms with E-state index < -0.39 is 5.97 Å². The third kappa shape index (κ3) is 1.80. The SMILES string of the molecule is O=C(O)C1CC2(C1)CN(c1ncc(Br)cn1)C2. The van der Waals surface area contributed by atoms with Gasteiger partial charge in [0.2, 0.25) is 5.95 Å². The molecule has 0 unspecified atom stereocenters. The van der Waals surface area contributed by atoms with Crippen molar-refractivity contribution in [2.75, 3.05) is 18.0 Å². The molecule has 0 bridgehead atoms. The molecule has 0 radical (unpaired) electrons. The van der Waals surface area contributed by atoms with Gasteiger partial charge in [0.25, 0.3) is 0 Å². The molecule has 1 aliphatic heterocycles. The summed E-state index contributed by atoms with van der Waals surface area (Å²) in [7, 11) is 0. The van der Waals surface area contributed by atoms with Gasteiger partial charge in [0.1, 0.15) is 0 Å². The third-order valence-electron chi connectivity index (χ3n) is 3.65. The number of anilines is 1. The molecular weight excluding hydrogens is 286 g/mol. The highest BCUT2D eigenvalue weighted by molar-refractivity contribution is 9.10. The van der Waals surface area contributed by atoms with Crippen molar-refractivity contribution < 1.29 is 9.90 Å². The van der Waals surface area contributed by atoms with Crippen LogP contribution in [-0.4, -0.2) is 34.1 Å². The van der Waals surface area contributed by atoms with Crippen LogP contribution in [0.15, 0.2) is 16.9 Å². The first-order valence-electron chi connectivity index (χ1n) is 5.53. The zero-order valence-electron chi connectivity index (χ0n) is 9.14. The van der Waals surface area contributed by atoms with E-state index in [1.165, 1.54) is 0 Å². The second-order valence-corrected chi connectivity index (χ2v) is 5.92. The number of aliphatic carboxylic acids is 1. The molecule has 1 N–H and O–H groups in total. The minimum Gasteiger partial charge on any atom is -0.481 e. The molecule has 3 rings (SSSR count). The zero-order chi connectivity index (χ0) is 12.0. The summed E-state index contributed by atoms with van der Waals surface area (Å²) in [6.07, 6.45) is 5.06. The van der Waals surface area contributed by atoms with Crippen molar-refractivity contribution in [3.05, 3.63) is 16.9 Å². The average Bonchev–Trinajstić information content (AvgIpc) is 2.15. The number of aromatic nitrogens is 2. The quantitative estimate of drug-likeness (QED) is 0.897. The Labute approximate surface area is 107 Å². The highest BCUT2D eigenvalue weighted by atomic mass is 79.9. The van der Waals surface area contributed by atoms with Crippen LogP contribution in [0.1, 0.15) is 12.8 Å². The van der Waals surface area contributed by atoms with Gasteiger partial charge >= 0.3 is 5.97 Å². The molecule has 2 fully saturated rings. The second-order valence-electron chi connectivity index (χ2n) is 5.00. The van der Waals surface area contributed by atoms with Crippen molar-refractivity contribution in [2.45, 2.75) is 12.8 Å². The van der Waals surface area contributed by atoms with Crippen LogP contribution in [0.5, 0.6) is 0 Å². The maximum atomic E-state index is 10.8. The summed E-state index contributed by atoms with van der Waals surface area (Å²) < 4.78 is 0.867. The molecule has 90 valence electrons. The fraction of sp³-hybridized carbons (Fsp3) is 0.545. The average molecular weight is 298 g/mol. The molecule has 17 heavy (non-hydrogen) atoms. The fourth-order valence-electron chi connectivity index (χ4n) is 2.79. The van der Waals surface area contributed by atoms with Gasteiger partial charge in [-0.15, -0.1) is 0 Å². The first-order chi connectivity index (χ1) is 8.08. The molecular formula is C11H12BrN3O2. The van der Waals surface area contributed by atoms with Crippen LogP contribution in [0.4, 0.5) is 5.95 Å². The number of carbonyl (C=O) groups is 1. The molecule has 5 nitrogen and oxygen atoms in total. The van der Waals surface area contributed by atoms with Crippen molar-refractivity contribution in [2.24, 2.45) is 11.3 Å². The molecule has 0 amide bonds.